The van der Waals surface area contributed by atoms with Crippen LogP contribution in [0, 0.1) is 17.2 Å². The third kappa shape index (κ3) is 4.77. The normalized spacial score (nSPS) is 21.8. The maximum Gasteiger partial charge on any atom is 0.315 e. The Kier molecular flexibility index (Phi) is 6.45. The summed E-state index contributed by atoms with van der Waals surface area (Å²) in [6.07, 6.45) is 4.87. The molecule has 3 aliphatic rings. The molecule has 4 heterocycles. The van der Waals surface area contributed by atoms with Crippen LogP contribution in [0.15, 0.2) is 48.9 Å². The van der Waals surface area contributed by atoms with E-state index in [1.165, 1.54) is 24.5 Å². The zero-order valence-electron chi connectivity index (χ0n) is 22.1. The summed E-state index contributed by atoms with van der Waals surface area (Å²) in [6.45, 7) is -0.188. The van der Waals surface area contributed by atoms with Gasteiger partial charge in [-0.15, -0.1) is 0 Å². The highest BCUT2D eigenvalue weighted by Gasteiger charge is 2.56. The van der Waals surface area contributed by atoms with Crippen LogP contribution in [-0.4, -0.2) is 79.7 Å². The number of hydrogen-bond acceptors (Lipinski definition) is 9. The number of nitriles is 1. The number of nitrogens with one attached hydrogen (secondary N) is 2. The Morgan fingerprint density at radius 1 is 1.22 bits per heavy atom. The highest BCUT2D eigenvalue weighted by Crippen LogP contribution is 2.40. The number of para-hydroxylation sites is 1. The van der Waals surface area contributed by atoms with Gasteiger partial charge in [0.15, 0.2) is 11.6 Å². The maximum absolute atomic E-state index is 14.0. The first kappa shape index (κ1) is 26.1. The molecule has 2 aromatic heterocycles. The van der Waals surface area contributed by atoms with Gasteiger partial charge in [-0.05, 0) is 36.6 Å². The fraction of sp³-hybridized carbons (Fsp3) is 0.357. The number of fused-ring (bicyclic) bond motifs is 2. The zero-order chi connectivity index (χ0) is 28.7. The summed E-state index contributed by atoms with van der Waals surface area (Å²) in [5.41, 5.74) is -0.886. The van der Waals surface area contributed by atoms with Crippen LogP contribution in [0.2, 0.25) is 0 Å². The molecule has 1 aliphatic carbocycles. The lowest BCUT2D eigenvalue weighted by atomic mass is 9.97. The van der Waals surface area contributed by atoms with E-state index in [0.717, 1.165) is 17.7 Å². The van der Waals surface area contributed by atoms with Gasteiger partial charge in [-0.2, -0.15) is 5.26 Å². The number of amides is 4. The second-order valence-electron chi connectivity index (χ2n) is 10.5. The number of likely N-dealkylation sites (tertiary alicyclic amines) is 1. The third-order valence-electron chi connectivity index (χ3n) is 7.77. The Hall–Kier alpha value is -5.12. The lowest BCUT2D eigenvalue weighted by Crippen LogP contribution is -2.56. The molecule has 1 aromatic carbocycles. The molecule has 3 atom stereocenters. The number of ether oxygens (including phenoxy) is 1. The highest BCUT2D eigenvalue weighted by molar-refractivity contribution is 6.40. The third-order valence-corrected chi connectivity index (χ3v) is 7.77. The van der Waals surface area contributed by atoms with Gasteiger partial charge in [0.2, 0.25) is 11.5 Å². The highest BCUT2D eigenvalue weighted by atomic mass is 16.5. The van der Waals surface area contributed by atoms with Crippen LogP contribution in [0.4, 0.5) is 11.6 Å². The zero-order valence-corrected chi connectivity index (χ0v) is 22.1. The molecular formula is C28H26N8O5. The quantitative estimate of drug-likeness (QED) is 0.443. The number of likely N-dealkylation sites (N-methyl/N-ethyl adjacent to an activating group) is 1. The number of nitrogens with zero attached hydrogens (tertiary/aromatic N) is 6. The summed E-state index contributed by atoms with van der Waals surface area (Å²) in [7, 11) is 1.39. The second-order valence-corrected chi connectivity index (χ2v) is 10.5. The number of hydrogen-bond donors (Lipinski definition) is 2. The van der Waals surface area contributed by atoms with Crippen LogP contribution in [-0.2, 0) is 19.2 Å². The van der Waals surface area contributed by atoms with Crippen molar-refractivity contribution >= 4 is 46.2 Å². The van der Waals surface area contributed by atoms with Crippen LogP contribution in [0.25, 0.3) is 10.9 Å². The van der Waals surface area contributed by atoms with Gasteiger partial charge in [0, 0.05) is 25.1 Å². The van der Waals surface area contributed by atoms with Crippen molar-refractivity contribution in [3.8, 4) is 11.8 Å². The Morgan fingerprint density at radius 3 is 2.80 bits per heavy atom. The molecular weight excluding hydrogens is 528 g/mol. The van der Waals surface area contributed by atoms with E-state index in [1.807, 2.05) is 0 Å². The molecule has 2 N–H and O–H groups in total. The molecule has 13 heteroatoms. The van der Waals surface area contributed by atoms with E-state index in [-0.39, 0.29) is 30.5 Å². The fourth-order valence-electron chi connectivity index (χ4n) is 5.36. The Balaban J connectivity index is 1.23. The molecule has 0 bridgehead atoms. The van der Waals surface area contributed by atoms with Crippen molar-refractivity contribution in [3.05, 3.63) is 48.9 Å². The predicted molar refractivity (Wildman–Crippen MR) is 144 cm³/mol. The van der Waals surface area contributed by atoms with Gasteiger partial charge in [-0.25, -0.2) is 15.0 Å². The van der Waals surface area contributed by atoms with Crippen molar-refractivity contribution in [1.29, 1.82) is 5.26 Å². The van der Waals surface area contributed by atoms with E-state index < -0.39 is 41.3 Å². The van der Waals surface area contributed by atoms with Crippen LogP contribution >= 0.6 is 0 Å². The maximum atomic E-state index is 14.0. The minimum Gasteiger partial charge on any atom is -0.472 e. The van der Waals surface area contributed by atoms with Gasteiger partial charge in [0.05, 0.1) is 18.1 Å². The van der Waals surface area contributed by atoms with Crippen molar-refractivity contribution in [2.75, 3.05) is 24.2 Å². The molecule has 1 saturated heterocycles. The summed E-state index contributed by atoms with van der Waals surface area (Å²) >= 11 is 0. The molecule has 3 aromatic rings. The predicted octanol–water partition coefficient (Wildman–Crippen LogP) is 1.48. The minimum absolute atomic E-state index is 0.0511. The molecule has 3 unspecified atom stereocenters. The molecule has 2 fully saturated rings. The van der Waals surface area contributed by atoms with Crippen LogP contribution in [0.3, 0.4) is 0 Å². The average molecular weight is 555 g/mol. The number of carbonyl (C=O) groups excluding carboxylic acids is 4. The van der Waals surface area contributed by atoms with E-state index >= 15 is 0 Å². The molecule has 6 rings (SSSR count). The van der Waals surface area contributed by atoms with Gasteiger partial charge < -0.3 is 25.2 Å². The van der Waals surface area contributed by atoms with E-state index in [9.17, 15) is 24.4 Å². The largest absolute Gasteiger partial charge is 0.472 e. The molecule has 4 amide bonds. The second kappa shape index (κ2) is 10.1. The lowest BCUT2D eigenvalue weighted by molar-refractivity contribution is -0.150. The number of anilines is 2. The van der Waals surface area contributed by atoms with Crippen molar-refractivity contribution < 1.29 is 23.9 Å². The van der Waals surface area contributed by atoms with Crippen molar-refractivity contribution in [1.82, 2.24) is 24.8 Å². The van der Waals surface area contributed by atoms with Gasteiger partial charge >= 0.3 is 11.8 Å². The number of carbonyl (C=O) groups is 4. The number of benzene rings is 1. The molecule has 41 heavy (non-hydrogen) atoms. The monoisotopic (exact) mass is 554 g/mol. The van der Waals surface area contributed by atoms with Crippen LogP contribution in [0.5, 0.6) is 5.75 Å². The Bertz CT molecular complexity index is 1610. The average Bonchev–Trinajstić information content (AvgIpc) is 3.74. The SMILES string of the molecule is CN(C(=O)C(=O)Nc1ncnc2ccccc12)C(CC1CC1)C(=O)N1CC2(CC1C#N)Oc1cccnc1NC2=O. The van der Waals surface area contributed by atoms with Gasteiger partial charge in [-0.3, -0.25) is 19.2 Å². The van der Waals surface area contributed by atoms with Gasteiger partial charge in [-0.1, -0.05) is 25.0 Å². The van der Waals surface area contributed by atoms with Crippen molar-refractivity contribution in [3.63, 3.8) is 0 Å². The summed E-state index contributed by atoms with van der Waals surface area (Å²) in [5, 5.41) is 15.8. The first-order valence-electron chi connectivity index (χ1n) is 13.2. The molecule has 0 radical (unpaired) electrons. The molecule has 13 nitrogen and oxygen atoms in total. The number of pyridine rings is 1. The van der Waals surface area contributed by atoms with Crippen molar-refractivity contribution in [2.24, 2.45) is 5.92 Å². The first-order chi connectivity index (χ1) is 19.8. The van der Waals surface area contributed by atoms with Gasteiger partial charge in [0.25, 0.3) is 5.91 Å². The Morgan fingerprint density at radius 2 is 2.02 bits per heavy atom. The van der Waals surface area contributed by atoms with E-state index in [0.29, 0.717) is 23.1 Å². The van der Waals surface area contributed by atoms with Crippen molar-refractivity contribution in [2.45, 2.75) is 43.4 Å². The standard InChI is InChI=1S/C28H26N8O5/c1-35(26(39)24(37)33-22-18-5-2-3-6-19(18)31-15-32-22)20(11-16-8-9-16)25(38)36-14-28(12-17(36)13-29)27(40)34-23-21(41-28)7-4-10-30-23/h2-7,10,15-17,20H,8-9,11-12,14H2,1H3,(H,30,34,40)(H,31,32,33,37). The molecule has 2 aliphatic heterocycles. The topological polar surface area (TPSA) is 171 Å². The molecule has 1 saturated carbocycles. The van der Waals surface area contributed by atoms with E-state index in [1.54, 1.807) is 36.4 Å². The van der Waals surface area contributed by atoms with Gasteiger partial charge in [0.1, 0.15) is 24.2 Å². The smallest absolute Gasteiger partial charge is 0.315 e. The summed E-state index contributed by atoms with van der Waals surface area (Å²) in [5.74, 6) is -1.93. The number of aromatic nitrogens is 3. The first-order valence-corrected chi connectivity index (χ1v) is 13.2. The minimum atomic E-state index is -1.48. The number of rotatable bonds is 5. The Labute approximate surface area is 234 Å². The fourth-order valence-corrected chi connectivity index (χ4v) is 5.36. The summed E-state index contributed by atoms with van der Waals surface area (Å²) in [6, 6.07) is 10.5. The molecule has 208 valence electrons. The van der Waals surface area contributed by atoms with Crippen LogP contribution in [0.1, 0.15) is 25.7 Å². The summed E-state index contributed by atoms with van der Waals surface area (Å²) in [4.78, 5) is 68.2. The van der Waals surface area contributed by atoms with Crippen LogP contribution < -0.4 is 15.4 Å². The van der Waals surface area contributed by atoms with E-state index in [4.69, 9.17) is 4.74 Å². The lowest BCUT2D eigenvalue weighted by Gasteiger charge is -2.34. The summed E-state index contributed by atoms with van der Waals surface area (Å²) < 4.78 is 6.05. The van der Waals surface area contributed by atoms with E-state index in [2.05, 4.69) is 31.7 Å². The molecule has 1 spiro atoms.